The van der Waals surface area contributed by atoms with Crippen LogP contribution in [0.3, 0.4) is 0 Å². The van der Waals surface area contributed by atoms with Crippen LogP contribution in [0.1, 0.15) is 24.2 Å². The minimum atomic E-state index is -0.848. The number of benzene rings is 1. The molecular formula is C20H20N2O3. The zero-order valence-corrected chi connectivity index (χ0v) is 14.3. The first-order valence-corrected chi connectivity index (χ1v) is 8.17. The number of rotatable bonds is 6. The van der Waals surface area contributed by atoms with Gasteiger partial charge in [-0.25, -0.2) is 9.78 Å². The van der Waals surface area contributed by atoms with Gasteiger partial charge in [-0.3, -0.25) is 0 Å². The van der Waals surface area contributed by atoms with Crippen LogP contribution in [0.5, 0.6) is 5.75 Å². The molecule has 0 aliphatic carbocycles. The second-order valence-electron chi connectivity index (χ2n) is 5.58. The third-order valence-electron chi connectivity index (χ3n) is 3.73. The Morgan fingerprint density at radius 1 is 1.12 bits per heavy atom. The number of carbonyl (C=O) groups is 1. The number of pyridine rings is 1. The predicted molar refractivity (Wildman–Crippen MR) is 94.7 cm³/mol. The summed E-state index contributed by atoms with van der Waals surface area (Å²) in [5.41, 5.74) is 1.85. The lowest BCUT2D eigenvalue weighted by molar-refractivity contribution is -0.151. The molecule has 3 aromatic rings. The number of aryl methyl sites for hydroxylation is 1. The van der Waals surface area contributed by atoms with Gasteiger partial charge in [0.15, 0.2) is 11.6 Å². The van der Waals surface area contributed by atoms with Crippen molar-refractivity contribution in [1.82, 2.24) is 9.55 Å². The molecule has 1 unspecified atom stereocenters. The fraction of sp³-hybridized carbons (Fsp3) is 0.200. The van der Waals surface area contributed by atoms with Crippen molar-refractivity contribution in [2.45, 2.75) is 20.0 Å². The highest BCUT2D eigenvalue weighted by Crippen LogP contribution is 2.28. The number of nitrogens with zero attached hydrogens (tertiary/aromatic N) is 2. The van der Waals surface area contributed by atoms with Gasteiger partial charge in [-0.1, -0.05) is 29.8 Å². The highest BCUT2D eigenvalue weighted by molar-refractivity contribution is 5.77. The topological polar surface area (TPSA) is 53.4 Å². The van der Waals surface area contributed by atoms with Crippen molar-refractivity contribution in [2.75, 3.05) is 6.61 Å². The minimum absolute atomic E-state index is 0.294. The van der Waals surface area contributed by atoms with Crippen LogP contribution in [0, 0.1) is 6.92 Å². The van der Waals surface area contributed by atoms with E-state index in [0.29, 0.717) is 18.2 Å². The maximum atomic E-state index is 12.5. The zero-order chi connectivity index (χ0) is 17.6. The van der Waals surface area contributed by atoms with Gasteiger partial charge in [0.05, 0.1) is 6.61 Å². The van der Waals surface area contributed by atoms with Gasteiger partial charge in [-0.05, 0) is 38.1 Å². The molecule has 2 heterocycles. The Hall–Kier alpha value is -3.08. The van der Waals surface area contributed by atoms with E-state index in [9.17, 15) is 4.79 Å². The molecule has 5 nitrogen and oxygen atoms in total. The van der Waals surface area contributed by atoms with E-state index in [2.05, 4.69) is 4.98 Å². The molecule has 25 heavy (non-hydrogen) atoms. The first kappa shape index (κ1) is 16.8. The molecular weight excluding hydrogens is 316 g/mol. The number of hydrogen-bond acceptors (Lipinski definition) is 4. The molecule has 0 N–H and O–H groups in total. The van der Waals surface area contributed by atoms with E-state index < -0.39 is 12.1 Å². The molecule has 1 aromatic carbocycles. The van der Waals surface area contributed by atoms with E-state index in [0.717, 1.165) is 11.1 Å². The van der Waals surface area contributed by atoms with E-state index in [1.807, 2.05) is 60.3 Å². The van der Waals surface area contributed by atoms with Crippen LogP contribution >= 0.6 is 0 Å². The minimum Gasteiger partial charge on any atom is -0.470 e. The summed E-state index contributed by atoms with van der Waals surface area (Å²) in [7, 11) is 0. The molecule has 128 valence electrons. The fourth-order valence-electron chi connectivity index (χ4n) is 2.48. The van der Waals surface area contributed by atoms with Gasteiger partial charge in [0.25, 0.3) is 0 Å². The smallest absolute Gasteiger partial charge is 0.352 e. The second-order valence-corrected chi connectivity index (χ2v) is 5.58. The van der Waals surface area contributed by atoms with Gasteiger partial charge in [-0.2, -0.15) is 0 Å². The van der Waals surface area contributed by atoms with Gasteiger partial charge in [0, 0.05) is 24.2 Å². The molecule has 2 aromatic heterocycles. The largest absolute Gasteiger partial charge is 0.470 e. The molecule has 0 saturated heterocycles. The maximum Gasteiger partial charge on any atom is 0.352 e. The lowest BCUT2D eigenvalue weighted by Crippen LogP contribution is -2.22. The summed E-state index contributed by atoms with van der Waals surface area (Å²) in [6, 6.07) is 15.0. The SMILES string of the molecule is CCOC(=O)C(Oc1cccnc1-n1cccc1)c1ccc(C)cc1. The van der Waals surface area contributed by atoms with E-state index in [4.69, 9.17) is 9.47 Å². The van der Waals surface area contributed by atoms with E-state index in [1.54, 1.807) is 25.3 Å². The zero-order valence-electron chi connectivity index (χ0n) is 14.3. The summed E-state index contributed by atoms with van der Waals surface area (Å²) in [5.74, 6) is 0.708. The number of aromatic nitrogens is 2. The van der Waals surface area contributed by atoms with Crippen LogP contribution in [-0.2, 0) is 9.53 Å². The third kappa shape index (κ3) is 3.88. The van der Waals surface area contributed by atoms with Crippen molar-refractivity contribution in [1.29, 1.82) is 0 Å². The summed E-state index contributed by atoms with van der Waals surface area (Å²) in [5, 5.41) is 0. The number of carbonyl (C=O) groups excluding carboxylic acids is 1. The Morgan fingerprint density at radius 3 is 2.52 bits per heavy atom. The van der Waals surface area contributed by atoms with Gasteiger partial charge in [0.2, 0.25) is 6.10 Å². The van der Waals surface area contributed by atoms with Crippen molar-refractivity contribution in [3.63, 3.8) is 0 Å². The van der Waals surface area contributed by atoms with Crippen LogP contribution in [-0.4, -0.2) is 22.1 Å². The van der Waals surface area contributed by atoms with E-state index in [-0.39, 0.29) is 0 Å². The Morgan fingerprint density at radius 2 is 1.84 bits per heavy atom. The van der Waals surface area contributed by atoms with Crippen molar-refractivity contribution >= 4 is 5.97 Å². The van der Waals surface area contributed by atoms with E-state index >= 15 is 0 Å². The molecule has 0 amide bonds. The Kier molecular flexibility index (Phi) is 5.14. The van der Waals surface area contributed by atoms with Crippen LogP contribution in [0.4, 0.5) is 0 Å². The van der Waals surface area contributed by atoms with Crippen LogP contribution in [0.25, 0.3) is 5.82 Å². The lowest BCUT2D eigenvalue weighted by Gasteiger charge is -2.20. The molecule has 0 fully saturated rings. The van der Waals surface area contributed by atoms with Crippen molar-refractivity contribution < 1.29 is 14.3 Å². The molecule has 5 heteroatoms. The molecule has 0 aliphatic rings. The third-order valence-corrected chi connectivity index (χ3v) is 3.73. The molecule has 0 saturated carbocycles. The summed E-state index contributed by atoms with van der Waals surface area (Å²) in [6.45, 7) is 4.07. The van der Waals surface area contributed by atoms with E-state index in [1.165, 1.54) is 0 Å². The van der Waals surface area contributed by atoms with Crippen molar-refractivity contribution in [3.05, 3.63) is 78.2 Å². The molecule has 0 aliphatic heterocycles. The number of hydrogen-bond donors (Lipinski definition) is 0. The van der Waals surface area contributed by atoms with Crippen LogP contribution < -0.4 is 4.74 Å². The molecule has 0 spiro atoms. The lowest BCUT2D eigenvalue weighted by atomic mass is 10.1. The maximum absolute atomic E-state index is 12.5. The average Bonchev–Trinajstić information content (AvgIpc) is 3.15. The normalized spacial score (nSPS) is 11.8. The second kappa shape index (κ2) is 7.66. The quantitative estimate of drug-likeness (QED) is 0.641. The molecule has 0 bridgehead atoms. The Labute approximate surface area is 146 Å². The van der Waals surface area contributed by atoms with Crippen molar-refractivity contribution in [3.8, 4) is 11.6 Å². The standard InChI is InChI=1S/C20H20N2O3/c1-3-24-20(23)18(16-10-8-15(2)9-11-16)25-17-7-6-12-21-19(17)22-13-4-5-14-22/h4-14,18H,3H2,1-2H3. The highest BCUT2D eigenvalue weighted by Gasteiger charge is 2.25. The molecule has 1 atom stereocenters. The van der Waals surface area contributed by atoms with Gasteiger partial charge in [0.1, 0.15) is 0 Å². The van der Waals surface area contributed by atoms with Crippen LogP contribution in [0.2, 0.25) is 0 Å². The first-order valence-electron chi connectivity index (χ1n) is 8.17. The first-order chi connectivity index (χ1) is 12.2. The van der Waals surface area contributed by atoms with Gasteiger partial charge < -0.3 is 14.0 Å². The monoisotopic (exact) mass is 336 g/mol. The van der Waals surface area contributed by atoms with Crippen LogP contribution in [0.15, 0.2) is 67.1 Å². The summed E-state index contributed by atoms with van der Waals surface area (Å²) in [6.07, 6.45) is 4.59. The average molecular weight is 336 g/mol. The number of esters is 1. The van der Waals surface area contributed by atoms with Gasteiger partial charge in [-0.15, -0.1) is 0 Å². The summed E-state index contributed by atoms with van der Waals surface area (Å²) >= 11 is 0. The van der Waals surface area contributed by atoms with Crippen molar-refractivity contribution in [2.24, 2.45) is 0 Å². The number of ether oxygens (including phenoxy) is 2. The Bertz CT molecular complexity index is 826. The predicted octanol–water partition coefficient (Wildman–Crippen LogP) is 3.86. The van der Waals surface area contributed by atoms with Gasteiger partial charge >= 0.3 is 5.97 Å². The Balaban J connectivity index is 1.96. The molecule has 0 radical (unpaired) electrons. The summed E-state index contributed by atoms with van der Waals surface area (Å²) < 4.78 is 13.1. The summed E-state index contributed by atoms with van der Waals surface area (Å²) in [4.78, 5) is 16.8. The fourth-order valence-corrected chi connectivity index (χ4v) is 2.48. The molecule has 3 rings (SSSR count). The highest BCUT2D eigenvalue weighted by atomic mass is 16.6.